The predicted octanol–water partition coefficient (Wildman–Crippen LogP) is 2.67. The van der Waals surface area contributed by atoms with Gasteiger partial charge in [0.05, 0.1) is 16.7 Å². The molecule has 1 saturated heterocycles. The van der Waals surface area contributed by atoms with Crippen LogP contribution in [-0.4, -0.2) is 38.7 Å². The molecule has 150 valence electrons. The van der Waals surface area contributed by atoms with Crippen molar-refractivity contribution in [1.82, 2.24) is 4.90 Å². The fourth-order valence-corrected chi connectivity index (χ4v) is 3.88. The minimum absolute atomic E-state index is 0.100. The summed E-state index contributed by atoms with van der Waals surface area (Å²) in [7, 11) is 0. The summed E-state index contributed by atoms with van der Waals surface area (Å²) >= 11 is 6.41. The second kappa shape index (κ2) is 8.93. The Bertz CT molecular complexity index is 1000. The minimum atomic E-state index is -1.32. The molecular formula is C19H15N2O6S2-. The number of nitrogens with zero attached hydrogens (tertiary/aromatic N) is 1. The molecule has 2 aromatic rings. The molecule has 0 saturated carbocycles. The number of furan rings is 1. The zero-order valence-corrected chi connectivity index (χ0v) is 16.5. The molecule has 1 aliphatic rings. The molecule has 10 heteroatoms. The van der Waals surface area contributed by atoms with E-state index in [1.807, 2.05) is 0 Å². The van der Waals surface area contributed by atoms with Crippen molar-refractivity contribution in [2.45, 2.75) is 12.8 Å². The first-order valence-electron chi connectivity index (χ1n) is 8.48. The molecule has 8 nitrogen and oxygen atoms in total. The van der Waals surface area contributed by atoms with Crippen LogP contribution in [0, 0.1) is 0 Å². The van der Waals surface area contributed by atoms with Crippen molar-refractivity contribution in [2.75, 3.05) is 11.9 Å². The molecule has 2 heterocycles. The molecule has 2 amide bonds. The smallest absolute Gasteiger partial charge is 0.335 e. The number of aromatic carboxylic acids is 1. The molecule has 1 fully saturated rings. The molecule has 29 heavy (non-hydrogen) atoms. The molecule has 3 rings (SSSR count). The van der Waals surface area contributed by atoms with Gasteiger partial charge in [0, 0.05) is 24.7 Å². The van der Waals surface area contributed by atoms with Gasteiger partial charge in [-0.3, -0.25) is 14.5 Å². The second-order valence-electron chi connectivity index (χ2n) is 6.02. The summed E-state index contributed by atoms with van der Waals surface area (Å²) in [4.78, 5) is 37.2. The number of rotatable bonds is 7. The number of carbonyl (C=O) groups excluding carboxylic acids is 2. The van der Waals surface area contributed by atoms with Crippen molar-refractivity contribution in [3.63, 3.8) is 0 Å². The highest BCUT2D eigenvalue weighted by atomic mass is 32.2. The lowest BCUT2D eigenvalue weighted by Crippen LogP contribution is -2.29. The predicted molar refractivity (Wildman–Crippen MR) is 109 cm³/mol. The van der Waals surface area contributed by atoms with E-state index in [2.05, 4.69) is 5.32 Å². The Kier molecular flexibility index (Phi) is 6.35. The van der Waals surface area contributed by atoms with Crippen molar-refractivity contribution in [2.24, 2.45) is 0 Å². The van der Waals surface area contributed by atoms with E-state index in [4.69, 9.17) is 21.7 Å². The van der Waals surface area contributed by atoms with E-state index in [1.165, 1.54) is 29.0 Å². The molecule has 1 aromatic heterocycles. The molecule has 2 N–H and O–H groups in total. The fraction of sp³-hybridized carbons (Fsp3) is 0.158. The van der Waals surface area contributed by atoms with Crippen molar-refractivity contribution < 1.29 is 29.0 Å². The van der Waals surface area contributed by atoms with Gasteiger partial charge in [-0.15, -0.1) is 0 Å². The maximum atomic E-state index is 12.5. The van der Waals surface area contributed by atoms with Crippen LogP contribution in [0.5, 0.6) is 5.75 Å². The molecule has 0 bridgehead atoms. The largest absolute Gasteiger partial charge is 0.872 e. The Balaban J connectivity index is 1.51. The van der Waals surface area contributed by atoms with Crippen LogP contribution in [0.15, 0.2) is 45.9 Å². The number of anilines is 1. The zero-order valence-electron chi connectivity index (χ0n) is 14.9. The number of thiocarbonyl (C=S) groups is 1. The van der Waals surface area contributed by atoms with Gasteiger partial charge < -0.3 is 19.9 Å². The van der Waals surface area contributed by atoms with Crippen molar-refractivity contribution in [3.8, 4) is 5.75 Å². The van der Waals surface area contributed by atoms with Crippen LogP contribution in [0.4, 0.5) is 5.69 Å². The molecule has 1 aliphatic heterocycles. The summed E-state index contributed by atoms with van der Waals surface area (Å²) in [6, 6.07) is 7.00. The number of benzene rings is 1. The molecule has 0 spiro atoms. The second-order valence-corrected chi connectivity index (χ2v) is 7.69. The van der Waals surface area contributed by atoms with Crippen LogP contribution in [-0.2, 0) is 9.59 Å². The quantitative estimate of drug-likeness (QED) is 0.507. The molecule has 0 aliphatic carbocycles. The monoisotopic (exact) mass is 431 g/mol. The Morgan fingerprint density at radius 3 is 2.79 bits per heavy atom. The number of hydrogen-bond acceptors (Lipinski definition) is 7. The van der Waals surface area contributed by atoms with E-state index in [0.717, 1.165) is 12.1 Å². The third-order valence-corrected chi connectivity index (χ3v) is 5.35. The fourth-order valence-electron chi connectivity index (χ4n) is 2.59. The number of hydrogen-bond donors (Lipinski definition) is 2. The summed E-state index contributed by atoms with van der Waals surface area (Å²) < 4.78 is 5.61. The highest BCUT2D eigenvalue weighted by Crippen LogP contribution is 2.32. The van der Waals surface area contributed by atoms with Gasteiger partial charge in [0.25, 0.3) is 5.91 Å². The Morgan fingerprint density at radius 2 is 2.14 bits per heavy atom. The number of nitrogens with one attached hydrogen (secondary N) is 1. The van der Waals surface area contributed by atoms with Gasteiger partial charge in [0.15, 0.2) is 0 Å². The van der Waals surface area contributed by atoms with Gasteiger partial charge in [-0.05, 0) is 36.8 Å². The van der Waals surface area contributed by atoms with Gasteiger partial charge >= 0.3 is 5.97 Å². The first kappa shape index (κ1) is 20.6. The summed E-state index contributed by atoms with van der Waals surface area (Å²) in [6.07, 6.45) is 3.59. The van der Waals surface area contributed by atoms with Crippen LogP contribution in [0.1, 0.15) is 29.0 Å². The summed E-state index contributed by atoms with van der Waals surface area (Å²) in [6.45, 7) is 0.276. The van der Waals surface area contributed by atoms with Gasteiger partial charge in [0.1, 0.15) is 10.1 Å². The molecule has 0 atom stereocenters. The van der Waals surface area contributed by atoms with Crippen LogP contribution >= 0.6 is 24.0 Å². The number of amides is 2. The van der Waals surface area contributed by atoms with Crippen molar-refractivity contribution in [1.29, 1.82) is 0 Å². The lowest BCUT2D eigenvalue weighted by molar-refractivity contribution is -0.268. The van der Waals surface area contributed by atoms with Gasteiger partial charge in [-0.2, -0.15) is 0 Å². The average Bonchev–Trinajstić information content (AvgIpc) is 3.25. The van der Waals surface area contributed by atoms with E-state index < -0.39 is 11.7 Å². The average molecular weight is 431 g/mol. The first-order valence-corrected chi connectivity index (χ1v) is 9.70. The number of thioether (sulfide) groups is 1. The van der Waals surface area contributed by atoms with E-state index in [9.17, 15) is 19.5 Å². The van der Waals surface area contributed by atoms with Crippen LogP contribution in [0.25, 0.3) is 6.08 Å². The van der Waals surface area contributed by atoms with Crippen molar-refractivity contribution in [3.05, 3.63) is 52.8 Å². The topological polar surface area (TPSA) is 123 Å². The third-order valence-electron chi connectivity index (χ3n) is 3.97. The lowest BCUT2D eigenvalue weighted by atomic mass is 10.2. The Morgan fingerprint density at radius 1 is 1.34 bits per heavy atom. The van der Waals surface area contributed by atoms with E-state index >= 15 is 0 Å². The highest BCUT2D eigenvalue weighted by Gasteiger charge is 2.31. The standard InChI is InChI=1S/C19H16N2O6S2/c22-14-9-11(5-6-13(14)18(25)26)20-16(23)4-1-7-21-17(24)15(29-19(21)28)10-12-3-2-8-27-12/h2-3,5-6,8-10,22H,1,4,7H2,(H,20,23)(H,25,26)/p-1/b15-10-. The third kappa shape index (κ3) is 5.04. The SMILES string of the molecule is O=C(CCCN1C(=O)/C(=C/c2ccco2)SC1=S)Nc1ccc(C(=O)O)c([O-])c1. The van der Waals surface area contributed by atoms with Crippen molar-refractivity contribution >= 4 is 57.8 Å². The van der Waals surface area contributed by atoms with E-state index in [1.54, 1.807) is 18.2 Å². The normalized spacial score (nSPS) is 15.2. The Labute approximate surface area is 175 Å². The number of carboxylic acids is 1. The summed E-state index contributed by atoms with van der Waals surface area (Å²) in [5.74, 6) is -2.05. The van der Waals surface area contributed by atoms with Gasteiger partial charge in [0.2, 0.25) is 5.91 Å². The van der Waals surface area contributed by atoms with Crippen LogP contribution in [0.3, 0.4) is 0 Å². The minimum Gasteiger partial charge on any atom is -0.872 e. The highest BCUT2D eigenvalue weighted by molar-refractivity contribution is 8.26. The molecular weight excluding hydrogens is 416 g/mol. The number of carboxylic acid groups (broad SMARTS) is 1. The number of carbonyl (C=O) groups is 3. The molecule has 0 unspecified atom stereocenters. The summed E-state index contributed by atoms with van der Waals surface area (Å²) in [5.41, 5.74) is -0.142. The molecule has 0 radical (unpaired) electrons. The molecule has 1 aromatic carbocycles. The van der Waals surface area contributed by atoms with Crippen LogP contribution < -0.4 is 10.4 Å². The van der Waals surface area contributed by atoms with Gasteiger partial charge in [-0.25, -0.2) is 4.79 Å². The van der Waals surface area contributed by atoms with Crippen LogP contribution in [0.2, 0.25) is 0 Å². The summed E-state index contributed by atoms with van der Waals surface area (Å²) in [5, 5.41) is 23.1. The lowest BCUT2D eigenvalue weighted by Gasteiger charge is -2.15. The maximum absolute atomic E-state index is 12.5. The van der Waals surface area contributed by atoms with E-state index in [0.29, 0.717) is 21.4 Å². The Hall–Kier alpha value is -3.11. The first-order chi connectivity index (χ1) is 13.8. The maximum Gasteiger partial charge on any atom is 0.335 e. The van der Waals surface area contributed by atoms with Gasteiger partial charge in [-0.1, -0.05) is 29.7 Å². The zero-order chi connectivity index (χ0) is 21.0. The van der Waals surface area contributed by atoms with E-state index in [-0.39, 0.29) is 36.0 Å².